The Kier molecular flexibility index (Phi) is 4.15. The Morgan fingerprint density at radius 3 is 2.88 bits per heavy atom. The minimum Gasteiger partial charge on any atom is -0.370 e. The summed E-state index contributed by atoms with van der Waals surface area (Å²) < 4.78 is 0. The van der Waals surface area contributed by atoms with Gasteiger partial charge in [0.05, 0.1) is 17.4 Å². The number of halogens is 1. The number of benzene rings is 1. The summed E-state index contributed by atoms with van der Waals surface area (Å²) in [5.74, 6) is 0.687. The summed E-state index contributed by atoms with van der Waals surface area (Å²) in [7, 11) is 0. The van der Waals surface area contributed by atoms with Crippen LogP contribution in [0.5, 0.6) is 0 Å². The van der Waals surface area contributed by atoms with E-state index in [-0.39, 0.29) is 0 Å². The van der Waals surface area contributed by atoms with Gasteiger partial charge in [-0.2, -0.15) is 10.2 Å². The molecule has 1 heterocycles. The molecule has 90 valence electrons. The van der Waals surface area contributed by atoms with Gasteiger partial charge >= 0.3 is 0 Å². The van der Waals surface area contributed by atoms with Crippen LogP contribution in [-0.2, 0) is 0 Å². The van der Waals surface area contributed by atoms with Crippen LogP contribution in [-0.4, -0.2) is 29.2 Å². The fraction of sp³-hybridized carbons (Fsp3) is 0.385. The predicted octanol–water partition coefficient (Wildman–Crippen LogP) is 3.09. The van der Waals surface area contributed by atoms with Crippen LogP contribution in [0.1, 0.15) is 13.3 Å². The molecule has 0 saturated heterocycles. The van der Waals surface area contributed by atoms with Gasteiger partial charge in [0.1, 0.15) is 0 Å². The van der Waals surface area contributed by atoms with E-state index in [1.165, 1.54) is 0 Å². The van der Waals surface area contributed by atoms with Crippen molar-refractivity contribution in [3.05, 3.63) is 30.5 Å². The number of anilines is 1. The zero-order chi connectivity index (χ0) is 12.1. The van der Waals surface area contributed by atoms with Gasteiger partial charge in [0.2, 0.25) is 0 Å². The van der Waals surface area contributed by atoms with Crippen molar-refractivity contribution in [1.82, 2.24) is 10.2 Å². The van der Waals surface area contributed by atoms with Crippen LogP contribution >= 0.6 is 11.6 Å². The molecule has 0 unspecified atom stereocenters. The van der Waals surface area contributed by atoms with E-state index >= 15 is 0 Å². The first-order chi connectivity index (χ1) is 8.36. The van der Waals surface area contributed by atoms with Crippen molar-refractivity contribution in [2.45, 2.75) is 13.3 Å². The minimum absolute atomic E-state index is 0.687. The molecule has 1 aromatic carbocycles. The SMILES string of the molecule is CCN(CCCCl)c1cnnc2ccccc12. The lowest BCUT2D eigenvalue weighted by molar-refractivity contribution is 0.794. The van der Waals surface area contributed by atoms with Gasteiger partial charge in [0, 0.05) is 24.4 Å². The summed E-state index contributed by atoms with van der Waals surface area (Å²) in [4.78, 5) is 2.29. The van der Waals surface area contributed by atoms with Crippen molar-refractivity contribution in [1.29, 1.82) is 0 Å². The van der Waals surface area contributed by atoms with Gasteiger partial charge in [-0.15, -0.1) is 11.6 Å². The summed E-state index contributed by atoms with van der Waals surface area (Å²) in [6, 6.07) is 8.09. The highest BCUT2D eigenvalue weighted by atomic mass is 35.5. The van der Waals surface area contributed by atoms with Gasteiger partial charge in [0.25, 0.3) is 0 Å². The third kappa shape index (κ3) is 2.67. The van der Waals surface area contributed by atoms with Crippen molar-refractivity contribution in [3.8, 4) is 0 Å². The summed E-state index contributed by atoms with van der Waals surface area (Å²) in [6.45, 7) is 4.05. The summed E-state index contributed by atoms with van der Waals surface area (Å²) >= 11 is 5.75. The Bertz CT molecular complexity index is 482. The van der Waals surface area contributed by atoms with Crippen LogP contribution in [0.15, 0.2) is 30.5 Å². The zero-order valence-corrected chi connectivity index (χ0v) is 10.7. The van der Waals surface area contributed by atoms with E-state index < -0.39 is 0 Å². The number of alkyl halides is 1. The fourth-order valence-corrected chi connectivity index (χ4v) is 2.06. The molecular formula is C13H16ClN3. The third-order valence-electron chi connectivity index (χ3n) is 2.81. The van der Waals surface area contributed by atoms with Gasteiger partial charge in [0.15, 0.2) is 0 Å². The second kappa shape index (κ2) is 5.82. The molecule has 0 N–H and O–H groups in total. The molecule has 0 amide bonds. The van der Waals surface area contributed by atoms with Crippen LogP contribution in [0.4, 0.5) is 5.69 Å². The summed E-state index contributed by atoms with van der Waals surface area (Å²) in [5, 5.41) is 9.35. The molecule has 0 aliphatic rings. The lowest BCUT2D eigenvalue weighted by Crippen LogP contribution is -2.24. The van der Waals surface area contributed by atoms with E-state index in [0.717, 1.165) is 36.1 Å². The summed E-state index contributed by atoms with van der Waals surface area (Å²) in [6.07, 6.45) is 2.81. The molecule has 0 radical (unpaired) electrons. The molecule has 0 aliphatic carbocycles. The quantitative estimate of drug-likeness (QED) is 0.763. The standard InChI is InChI=1S/C13H16ClN3/c1-2-17(9-5-8-14)13-10-15-16-12-7-4-3-6-11(12)13/h3-4,6-7,10H,2,5,8-9H2,1H3. The number of rotatable bonds is 5. The smallest absolute Gasteiger partial charge is 0.0950 e. The topological polar surface area (TPSA) is 29.0 Å². The normalized spacial score (nSPS) is 10.7. The van der Waals surface area contributed by atoms with Crippen LogP contribution in [0, 0.1) is 0 Å². The van der Waals surface area contributed by atoms with E-state index in [1.54, 1.807) is 0 Å². The van der Waals surface area contributed by atoms with Crippen molar-refractivity contribution >= 4 is 28.2 Å². The third-order valence-corrected chi connectivity index (χ3v) is 3.08. The second-order valence-corrected chi connectivity index (χ2v) is 4.25. The second-order valence-electron chi connectivity index (χ2n) is 3.87. The molecule has 0 spiro atoms. The van der Waals surface area contributed by atoms with Gasteiger partial charge < -0.3 is 4.90 Å². The number of aromatic nitrogens is 2. The number of fused-ring (bicyclic) bond motifs is 1. The van der Waals surface area contributed by atoms with E-state index in [9.17, 15) is 0 Å². The number of hydrogen-bond acceptors (Lipinski definition) is 3. The molecule has 2 rings (SSSR count). The van der Waals surface area contributed by atoms with E-state index in [2.05, 4.69) is 28.1 Å². The number of nitrogens with zero attached hydrogens (tertiary/aromatic N) is 3. The molecule has 17 heavy (non-hydrogen) atoms. The Hall–Kier alpha value is -1.35. The molecule has 0 fully saturated rings. The van der Waals surface area contributed by atoms with Crippen LogP contribution in [0.25, 0.3) is 10.9 Å². The van der Waals surface area contributed by atoms with Crippen LogP contribution in [0.2, 0.25) is 0 Å². The molecule has 0 atom stereocenters. The predicted molar refractivity (Wildman–Crippen MR) is 72.8 cm³/mol. The van der Waals surface area contributed by atoms with Crippen molar-refractivity contribution < 1.29 is 0 Å². The molecule has 4 heteroatoms. The Balaban J connectivity index is 2.38. The maximum atomic E-state index is 5.75. The fourth-order valence-electron chi connectivity index (χ4n) is 1.94. The molecule has 1 aromatic heterocycles. The average molecular weight is 250 g/mol. The first kappa shape index (κ1) is 12.1. The first-order valence-electron chi connectivity index (χ1n) is 5.88. The Morgan fingerprint density at radius 2 is 2.12 bits per heavy atom. The van der Waals surface area contributed by atoms with Crippen LogP contribution in [0.3, 0.4) is 0 Å². The number of hydrogen-bond donors (Lipinski definition) is 0. The molecule has 3 nitrogen and oxygen atoms in total. The molecular weight excluding hydrogens is 234 g/mol. The largest absolute Gasteiger partial charge is 0.370 e. The van der Waals surface area contributed by atoms with Gasteiger partial charge in [-0.25, -0.2) is 0 Å². The van der Waals surface area contributed by atoms with Gasteiger partial charge in [-0.05, 0) is 19.4 Å². The molecule has 2 aromatic rings. The maximum absolute atomic E-state index is 5.75. The van der Waals surface area contributed by atoms with Gasteiger partial charge in [-0.3, -0.25) is 0 Å². The Labute approximate surface area is 106 Å². The lowest BCUT2D eigenvalue weighted by atomic mass is 10.2. The summed E-state index contributed by atoms with van der Waals surface area (Å²) in [5.41, 5.74) is 2.08. The average Bonchev–Trinajstić information content (AvgIpc) is 2.40. The van der Waals surface area contributed by atoms with Crippen molar-refractivity contribution in [2.75, 3.05) is 23.9 Å². The van der Waals surface area contributed by atoms with E-state index in [1.807, 2.05) is 24.4 Å². The highest BCUT2D eigenvalue weighted by Gasteiger charge is 2.08. The van der Waals surface area contributed by atoms with Crippen molar-refractivity contribution in [2.24, 2.45) is 0 Å². The first-order valence-corrected chi connectivity index (χ1v) is 6.41. The molecule has 0 bridgehead atoms. The monoisotopic (exact) mass is 249 g/mol. The maximum Gasteiger partial charge on any atom is 0.0950 e. The minimum atomic E-state index is 0.687. The molecule has 0 aliphatic heterocycles. The van der Waals surface area contributed by atoms with E-state index in [0.29, 0.717) is 5.88 Å². The highest BCUT2D eigenvalue weighted by molar-refractivity contribution is 6.17. The van der Waals surface area contributed by atoms with Crippen LogP contribution < -0.4 is 4.90 Å². The Morgan fingerprint density at radius 1 is 1.29 bits per heavy atom. The van der Waals surface area contributed by atoms with E-state index in [4.69, 9.17) is 11.6 Å². The van der Waals surface area contributed by atoms with Gasteiger partial charge in [-0.1, -0.05) is 18.2 Å². The molecule has 0 saturated carbocycles. The zero-order valence-electron chi connectivity index (χ0n) is 9.93. The lowest BCUT2D eigenvalue weighted by Gasteiger charge is -2.23. The van der Waals surface area contributed by atoms with Crippen molar-refractivity contribution in [3.63, 3.8) is 0 Å². The highest BCUT2D eigenvalue weighted by Crippen LogP contribution is 2.23.